The highest BCUT2D eigenvalue weighted by Crippen LogP contribution is 2.25. The third kappa shape index (κ3) is 3.03. The molecule has 0 radical (unpaired) electrons. The highest BCUT2D eigenvalue weighted by molar-refractivity contribution is 6.31. The molecule has 0 heterocycles. The van der Waals surface area contributed by atoms with Gasteiger partial charge in [0.25, 0.3) is 0 Å². The Kier molecular flexibility index (Phi) is 4.35. The van der Waals surface area contributed by atoms with Gasteiger partial charge in [0.1, 0.15) is 12.4 Å². The van der Waals surface area contributed by atoms with Crippen molar-refractivity contribution in [3.05, 3.63) is 64.2 Å². The number of ether oxygens (including phenoxy) is 1. The van der Waals surface area contributed by atoms with E-state index in [1.165, 1.54) is 18.2 Å². The lowest BCUT2D eigenvalue weighted by Gasteiger charge is -2.12. The van der Waals surface area contributed by atoms with E-state index < -0.39 is 11.6 Å². The van der Waals surface area contributed by atoms with Crippen molar-refractivity contribution < 1.29 is 13.5 Å². The molecule has 100 valence electrons. The van der Waals surface area contributed by atoms with Crippen LogP contribution in [0.2, 0.25) is 5.02 Å². The van der Waals surface area contributed by atoms with E-state index in [1.807, 2.05) is 0 Å². The molecule has 0 saturated carbocycles. The number of para-hydroxylation sites is 1. The number of halogens is 3. The van der Waals surface area contributed by atoms with Crippen LogP contribution in [0.4, 0.5) is 8.78 Å². The van der Waals surface area contributed by atoms with Gasteiger partial charge in [-0.25, -0.2) is 8.78 Å². The van der Waals surface area contributed by atoms with Crippen LogP contribution in [0.3, 0.4) is 0 Å². The Morgan fingerprint density at radius 3 is 2.32 bits per heavy atom. The van der Waals surface area contributed by atoms with Crippen LogP contribution in [0.25, 0.3) is 0 Å². The topological polar surface area (TPSA) is 35.2 Å². The molecule has 2 aromatic carbocycles. The first-order valence-corrected chi connectivity index (χ1v) is 6.04. The molecule has 0 amide bonds. The van der Waals surface area contributed by atoms with Crippen molar-refractivity contribution in [2.45, 2.75) is 13.2 Å². The maximum Gasteiger partial charge on any atom is 0.165 e. The van der Waals surface area contributed by atoms with Gasteiger partial charge in [0, 0.05) is 17.7 Å². The van der Waals surface area contributed by atoms with Gasteiger partial charge in [-0.15, -0.1) is 0 Å². The molecular formula is C14H12ClF2NO. The van der Waals surface area contributed by atoms with Gasteiger partial charge in [-0.05, 0) is 12.1 Å². The second-order valence-electron chi connectivity index (χ2n) is 3.93. The minimum absolute atomic E-state index is 0.0202. The van der Waals surface area contributed by atoms with Crippen molar-refractivity contribution in [1.82, 2.24) is 0 Å². The Labute approximate surface area is 114 Å². The Morgan fingerprint density at radius 2 is 1.63 bits per heavy atom. The molecule has 0 aliphatic rings. The predicted molar refractivity (Wildman–Crippen MR) is 70.0 cm³/mol. The molecule has 5 heteroatoms. The van der Waals surface area contributed by atoms with Crippen molar-refractivity contribution in [1.29, 1.82) is 0 Å². The van der Waals surface area contributed by atoms with Crippen LogP contribution in [0.1, 0.15) is 11.1 Å². The van der Waals surface area contributed by atoms with Gasteiger partial charge in [0.15, 0.2) is 11.6 Å². The molecule has 0 atom stereocenters. The lowest BCUT2D eigenvalue weighted by molar-refractivity contribution is 0.286. The predicted octanol–water partition coefficient (Wildman–Crippen LogP) is 3.66. The van der Waals surface area contributed by atoms with E-state index in [1.54, 1.807) is 18.2 Å². The number of hydrogen-bond donors (Lipinski definition) is 1. The number of nitrogens with two attached hydrogens (primary N) is 1. The molecule has 2 N–H and O–H groups in total. The first kappa shape index (κ1) is 13.8. The average molecular weight is 284 g/mol. The molecule has 0 saturated heterocycles. The number of benzene rings is 2. The van der Waals surface area contributed by atoms with Crippen molar-refractivity contribution in [2.24, 2.45) is 5.73 Å². The molecule has 2 aromatic rings. The number of hydrogen-bond acceptors (Lipinski definition) is 2. The molecule has 0 bridgehead atoms. The minimum Gasteiger partial charge on any atom is -0.485 e. The quantitative estimate of drug-likeness (QED) is 0.929. The third-order valence-corrected chi connectivity index (χ3v) is 3.10. The summed E-state index contributed by atoms with van der Waals surface area (Å²) in [6.45, 7) is 0.133. The van der Waals surface area contributed by atoms with Crippen LogP contribution in [0.5, 0.6) is 5.75 Å². The molecule has 0 aliphatic carbocycles. The van der Waals surface area contributed by atoms with Crippen LogP contribution < -0.4 is 10.5 Å². The van der Waals surface area contributed by atoms with E-state index in [9.17, 15) is 8.78 Å². The van der Waals surface area contributed by atoms with Crippen molar-refractivity contribution in [3.63, 3.8) is 0 Å². The van der Waals surface area contributed by atoms with E-state index in [-0.39, 0.29) is 23.9 Å². The SMILES string of the molecule is NCc1cccc(F)c1OCc1cccc(F)c1Cl. The zero-order valence-electron chi connectivity index (χ0n) is 10.00. The van der Waals surface area contributed by atoms with Crippen molar-refractivity contribution in [3.8, 4) is 5.75 Å². The fourth-order valence-electron chi connectivity index (χ4n) is 1.69. The van der Waals surface area contributed by atoms with Gasteiger partial charge < -0.3 is 10.5 Å². The van der Waals surface area contributed by atoms with E-state index >= 15 is 0 Å². The molecule has 0 aromatic heterocycles. The summed E-state index contributed by atoms with van der Waals surface area (Å²) in [4.78, 5) is 0. The summed E-state index contributed by atoms with van der Waals surface area (Å²) in [5.41, 5.74) is 6.51. The first-order chi connectivity index (χ1) is 9.13. The summed E-state index contributed by atoms with van der Waals surface area (Å²) in [5, 5.41) is -0.0202. The molecule has 2 nitrogen and oxygen atoms in total. The second kappa shape index (κ2) is 5.99. The maximum atomic E-state index is 13.6. The summed E-state index contributed by atoms with van der Waals surface area (Å²) in [5.74, 6) is -0.962. The van der Waals surface area contributed by atoms with Crippen molar-refractivity contribution >= 4 is 11.6 Å². The third-order valence-electron chi connectivity index (χ3n) is 2.67. The molecule has 0 fully saturated rings. The highest BCUT2D eigenvalue weighted by Gasteiger charge is 2.11. The molecule has 0 aliphatic heterocycles. The van der Waals surface area contributed by atoms with E-state index in [0.717, 1.165) is 0 Å². The van der Waals surface area contributed by atoms with Gasteiger partial charge in [-0.3, -0.25) is 0 Å². The molecule has 0 unspecified atom stereocenters. The fraction of sp³-hybridized carbons (Fsp3) is 0.143. The Balaban J connectivity index is 2.21. The molecular weight excluding hydrogens is 272 g/mol. The smallest absolute Gasteiger partial charge is 0.165 e. The Morgan fingerprint density at radius 1 is 1.00 bits per heavy atom. The zero-order valence-corrected chi connectivity index (χ0v) is 10.8. The second-order valence-corrected chi connectivity index (χ2v) is 4.31. The van der Waals surface area contributed by atoms with Crippen LogP contribution in [0, 0.1) is 11.6 Å². The van der Waals surface area contributed by atoms with Gasteiger partial charge in [0.05, 0.1) is 5.02 Å². The summed E-state index contributed by atoms with van der Waals surface area (Å²) < 4.78 is 32.3. The Bertz CT molecular complexity index is 590. The van der Waals surface area contributed by atoms with Gasteiger partial charge in [-0.2, -0.15) is 0 Å². The monoisotopic (exact) mass is 283 g/mol. The molecule has 19 heavy (non-hydrogen) atoms. The minimum atomic E-state index is -0.532. The standard InChI is InChI=1S/C14H12ClF2NO/c15-13-10(4-2-5-11(13)16)8-19-14-9(7-18)3-1-6-12(14)17/h1-6H,7-8,18H2. The lowest BCUT2D eigenvalue weighted by Crippen LogP contribution is -2.05. The summed E-state index contributed by atoms with van der Waals surface area (Å²) in [6, 6.07) is 8.90. The van der Waals surface area contributed by atoms with E-state index in [4.69, 9.17) is 22.1 Å². The Hall–Kier alpha value is -1.65. The van der Waals surface area contributed by atoms with Gasteiger partial charge >= 0.3 is 0 Å². The molecule has 0 spiro atoms. The zero-order chi connectivity index (χ0) is 13.8. The van der Waals surface area contributed by atoms with E-state index in [2.05, 4.69) is 0 Å². The van der Waals surface area contributed by atoms with Crippen molar-refractivity contribution in [2.75, 3.05) is 0 Å². The fourth-order valence-corrected chi connectivity index (χ4v) is 1.87. The van der Waals surface area contributed by atoms with Crippen LogP contribution in [-0.2, 0) is 13.2 Å². The van der Waals surface area contributed by atoms with Gasteiger partial charge in [0.2, 0.25) is 0 Å². The first-order valence-electron chi connectivity index (χ1n) is 5.66. The van der Waals surface area contributed by atoms with Crippen LogP contribution in [-0.4, -0.2) is 0 Å². The summed E-state index contributed by atoms with van der Waals surface area (Å²) >= 11 is 5.80. The van der Waals surface area contributed by atoms with E-state index in [0.29, 0.717) is 11.1 Å². The van der Waals surface area contributed by atoms with Gasteiger partial charge in [-0.1, -0.05) is 35.9 Å². The van der Waals surface area contributed by atoms with Crippen LogP contribution in [0.15, 0.2) is 36.4 Å². The average Bonchev–Trinajstić information content (AvgIpc) is 2.41. The normalized spacial score (nSPS) is 10.5. The largest absolute Gasteiger partial charge is 0.485 e. The number of rotatable bonds is 4. The van der Waals surface area contributed by atoms with Crippen LogP contribution >= 0.6 is 11.6 Å². The maximum absolute atomic E-state index is 13.6. The highest BCUT2D eigenvalue weighted by atomic mass is 35.5. The lowest BCUT2D eigenvalue weighted by atomic mass is 10.2. The summed E-state index contributed by atoms with van der Waals surface area (Å²) in [7, 11) is 0. The molecule has 2 rings (SSSR count). The summed E-state index contributed by atoms with van der Waals surface area (Å²) in [6.07, 6.45) is 0.